The fraction of sp³-hybridized carbons (Fsp3) is 0.458. The third kappa shape index (κ3) is 4.13. The monoisotopic (exact) mass is 378 g/mol. The summed E-state index contributed by atoms with van der Waals surface area (Å²) in [5, 5.41) is 13.9. The Bertz CT molecular complexity index is 842. The minimum atomic E-state index is -0.767. The van der Waals surface area contributed by atoms with Gasteiger partial charge in [-0.1, -0.05) is 42.5 Å². The van der Waals surface area contributed by atoms with Crippen molar-refractivity contribution in [2.24, 2.45) is 11.7 Å². The summed E-state index contributed by atoms with van der Waals surface area (Å²) in [7, 11) is 0. The minimum absolute atomic E-state index is 0.407. The first-order chi connectivity index (χ1) is 13.6. The Balaban J connectivity index is 1.43. The number of piperidine rings is 1. The number of hydrogen-bond acceptors (Lipinski definition) is 3. The standard InChI is InChI=1S/C24H30N2O2/c25-24(28)22-9-7-20-15-17(6-8-21(20)23(22)27)5-4-16-2-1-3-19(14-16)18-10-12-26-13-11-18/h1-3,6,8,14-15,18,22-23,26-27H,4-5,7,9-13H2,(H2,25,28). The van der Waals surface area contributed by atoms with Crippen molar-refractivity contribution in [3.63, 3.8) is 0 Å². The quantitative estimate of drug-likeness (QED) is 0.749. The van der Waals surface area contributed by atoms with Crippen LogP contribution in [0, 0.1) is 5.92 Å². The van der Waals surface area contributed by atoms with Crippen molar-refractivity contribution >= 4 is 5.91 Å². The Morgan fingerprint density at radius 2 is 1.79 bits per heavy atom. The molecule has 2 aromatic rings. The van der Waals surface area contributed by atoms with Crippen molar-refractivity contribution < 1.29 is 9.90 Å². The zero-order chi connectivity index (χ0) is 19.5. The van der Waals surface area contributed by atoms with Crippen LogP contribution in [0.5, 0.6) is 0 Å². The molecule has 1 heterocycles. The van der Waals surface area contributed by atoms with Gasteiger partial charge in [0, 0.05) is 0 Å². The van der Waals surface area contributed by atoms with Gasteiger partial charge in [0.05, 0.1) is 12.0 Å². The maximum atomic E-state index is 11.5. The summed E-state index contributed by atoms with van der Waals surface area (Å²) < 4.78 is 0. The second-order valence-corrected chi connectivity index (χ2v) is 8.29. The molecule has 1 aliphatic heterocycles. The first-order valence-corrected chi connectivity index (χ1v) is 10.5. The molecule has 0 spiro atoms. The number of hydrogen-bond donors (Lipinski definition) is 3. The number of amides is 1. The second kappa shape index (κ2) is 8.46. The topological polar surface area (TPSA) is 75.4 Å². The summed E-state index contributed by atoms with van der Waals surface area (Å²) in [5.41, 5.74) is 11.6. The van der Waals surface area contributed by atoms with Crippen LogP contribution in [0.2, 0.25) is 0 Å². The van der Waals surface area contributed by atoms with E-state index in [4.69, 9.17) is 5.73 Å². The van der Waals surface area contributed by atoms with Crippen LogP contribution >= 0.6 is 0 Å². The predicted octanol–water partition coefficient (Wildman–Crippen LogP) is 3.02. The molecular formula is C24H30N2O2. The van der Waals surface area contributed by atoms with Crippen molar-refractivity contribution in [3.05, 3.63) is 70.3 Å². The van der Waals surface area contributed by atoms with Gasteiger partial charge in [-0.15, -0.1) is 0 Å². The zero-order valence-corrected chi connectivity index (χ0v) is 16.4. The summed E-state index contributed by atoms with van der Waals surface area (Å²) in [6, 6.07) is 15.3. The first-order valence-electron chi connectivity index (χ1n) is 10.5. The van der Waals surface area contributed by atoms with Gasteiger partial charge >= 0.3 is 0 Å². The van der Waals surface area contributed by atoms with Crippen LogP contribution in [0.1, 0.15) is 59.1 Å². The lowest BCUT2D eigenvalue weighted by molar-refractivity contribution is -0.126. The number of aryl methyl sites for hydroxylation is 3. The maximum absolute atomic E-state index is 11.5. The molecule has 28 heavy (non-hydrogen) atoms. The third-order valence-corrected chi connectivity index (χ3v) is 6.46. The van der Waals surface area contributed by atoms with E-state index in [9.17, 15) is 9.90 Å². The second-order valence-electron chi connectivity index (χ2n) is 8.29. The van der Waals surface area contributed by atoms with Crippen molar-refractivity contribution in [1.29, 1.82) is 0 Å². The highest BCUT2D eigenvalue weighted by molar-refractivity contribution is 5.78. The van der Waals surface area contributed by atoms with Crippen LogP contribution < -0.4 is 11.1 Å². The van der Waals surface area contributed by atoms with Crippen LogP contribution in [0.3, 0.4) is 0 Å². The van der Waals surface area contributed by atoms with Crippen LogP contribution in [0.4, 0.5) is 0 Å². The molecule has 2 unspecified atom stereocenters. The molecular weight excluding hydrogens is 348 g/mol. The highest BCUT2D eigenvalue weighted by Crippen LogP contribution is 2.35. The molecule has 4 N–H and O–H groups in total. The lowest BCUT2D eigenvalue weighted by atomic mass is 9.80. The Labute approximate surface area is 167 Å². The van der Waals surface area contributed by atoms with Crippen molar-refractivity contribution in [2.75, 3.05) is 13.1 Å². The fourth-order valence-electron chi connectivity index (χ4n) is 4.75. The number of benzene rings is 2. The van der Waals surface area contributed by atoms with Gasteiger partial charge in [0.25, 0.3) is 0 Å². The summed E-state index contributed by atoms with van der Waals surface area (Å²) in [6.45, 7) is 2.24. The van der Waals surface area contributed by atoms with Gasteiger partial charge in [0.15, 0.2) is 0 Å². The van der Waals surface area contributed by atoms with E-state index in [2.05, 4.69) is 41.7 Å². The Hall–Kier alpha value is -2.17. The normalized spacial score (nSPS) is 22.6. The van der Waals surface area contributed by atoms with Crippen molar-refractivity contribution in [2.45, 2.75) is 50.5 Å². The Morgan fingerprint density at radius 3 is 2.54 bits per heavy atom. The van der Waals surface area contributed by atoms with E-state index in [0.717, 1.165) is 43.5 Å². The molecule has 4 heteroatoms. The number of aliphatic hydroxyl groups excluding tert-OH is 1. The molecule has 2 aliphatic rings. The van der Waals surface area contributed by atoms with E-state index < -0.39 is 17.9 Å². The van der Waals surface area contributed by atoms with Gasteiger partial charge in [0.2, 0.25) is 5.91 Å². The number of nitrogens with one attached hydrogen (secondary N) is 1. The van der Waals surface area contributed by atoms with Gasteiger partial charge < -0.3 is 16.2 Å². The molecule has 2 aromatic carbocycles. The van der Waals surface area contributed by atoms with Gasteiger partial charge in [-0.3, -0.25) is 4.79 Å². The molecule has 2 atom stereocenters. The maximum Gasteiger partial charge on any atom is 0.223 e. The molecule has 1 aliphatic carbocycles. The van der Waals surface area contributed by atoms with Crippen LogP contribution in [0.15, 0.2) is 42.5 Å². The van der Waals surface area contributed by atoms with Crippen LogP contribution in [0.25, 0.3) is 0 Å². The molecule has 4 rings (SSSR count). The molecule has 0 saturated carbocycles. The first kappa shape index (κ1) is 19.2. The van der Waals surface area contributed by atoms with Crippen molar-refractivity contribution in [3.8, 4) is 0 Å². The number of primary amides is 1. The third-order valence-electron chi connectivity index (χ3n) is 6.46. The number of carbonyl (C=O) groups excluding carboxylic acids is 1. The predicted molar refractivity (Wildman–Crippen MR) is 111 cm³/mol. The smallest absolute Gasteiger partial charge is 0.223 e. The molecule has 0 radical (unpaired) electrons. The van der Waals surface area contributed by atoms with Gasteiger partial charge in [-0.05, 0) is 85.3 Å². The molecule has 1 saturated heterocycles. The van der Waals surface area contributed by atoms with E-state index in [1.807, 2.05) is 6.07 Å². The lowest BCUT2D eigenvalue weighted by Crippen LogP contribution is -2.32. The molecule has 1 fully saturated rings. The minimum Gasteiger partial charge on any atom is -0.388 e. The van der Waals surface area contributed by atoms with Crippen molar-refractivity contribution in [1.82, 2.24) is 5.32 Å². The van der Waals surface area contributed by atoms with E-state index in [-0.39, 0.29) is 0 Å². The van der Waals surface area contributed by atoms with Gasteiger partial charge in [0.1, 0.15) is 0 Å². The Kier molecular flexibility index (Phi) is 5.79. The number of nitrogens with two attached hydrogens (primary N) is 1. The fourth-order valence-corrected chi connectivity index (χ4v) is 4.75. The Morgan fingerprint density at radius 1 is 1.04 bits per heavy atom. The van der Waals surface area contributed by atoms with E-state index in [0.29, 0.717) is 12.3 Å². The van der Waals surface area contributed by atoms with E-state index in [1.165, 1.54) is 29.5 Å². The molecule has 1 amide bonds. The molecule has 0 aromatic heterocycles. The summed E-state index contributed by atoms with van der Waals surface area (Å²) >= 11 is 0. The van der Waals surface area contributed by atoms with Gasteiger partial charge in [-0.2, -0.15) is 0 Å². The zero-order valence-electron chi connectivity index (χ0n) is 16.4. The average Bonchev–Trinajstić information content (AvgIpc) is 2.73. The highest BCUT2D eigenvalue weighted by Gasteiger charge is 2.31. The highest BCUT2D eigenvalue weighted by atomic mass is 16.3. The number of fused-ring (bicyclic) bond motifs is 1. The van der Waals surface area contributed by atoms with Crippen LogP contribution in [-0.4, -0.2) is 24.1 Å². The van der Waals surface area contributed by atoms with Crippen LogP contribution in [-0.2, 0) is 24.1 Å². The van der Waals surface area contributed by atoms with E-state index >= 15 is 0 Å². The number of rotatable bonds is 5. The van der Waals surface area contributed by atoms with Gasteiger partial charge in [-0.25, -0.2) is 0 Å². The molecule has 0 bridgehead atoms. The number of carbonyl (C=O) groups is 1. The molecule has 4 nitrogen and oxygen atoms in total. The summed E-state index contributed by atoms with van der Waals surface area (Å²) in [6.07, 6.45) is 5.12. The molecule has 148 valence electrons. The SMILES string of the molecule is NC(=O)C1CCc2cc(CCc3cccc(C4CCNCC4)c3)ccc2C1O. The largest absolute Gasteiger partial charge is 0.388 e. The lowest BCUT2D eigenvalue weighted by Gasteiger charge is -2.28. The van der Waals surface area contributed by atoms with E-state index in [1.54, 1.807) is 0 Å². The number of aliphatic hydroxyl groups is 1. The average molecular weight is 379 g/mol. The summed E-state index contributed by atoms with van der Waals surface area (Å²) in [4.78, 5) is 11.5. The summed E-state index contributed by atoms with van der Waals surface area (Å²) in [5.74, 6) is -0.184.